The second-order valence-electron chi connectivity index (χ2n) is 7.06. The maximum Gasteiger partial charge on any atom is 0.290 e. The number of benzene rings is 1. The van der Waals surface area contributed by atoms with Gasteiger partial charge in [-0.25, -0.2) is 9.97 Å². The zero-order valence-electron chi connectivity index (χ0n) is 16.2. The molecule has 7 nitrogen and oxygen atoms in total. The van der Waals surface area contributed by atoms with Crippen LogP contribution in [-0.2, 0) is 13.5 Å². The van der Waals surface area contributed by atoms with Crippen molar-refractivity contribution >= 4 is 5.91 Å². The normalized spacial score (nSPS) is 16.9. The predicted octanol–water partition coefficient (Wildman–Crippen LogP) is 3.37. The summed E-state index contributed by atoms with van der Waals surface area (Å²) in [4.78, 5) is 23.5. The average Bonchev–Trinajstić information content (AvgIpc) is 3.36. The Kier molecular flexibility index (Phi) is 5.14. The molecule has 0 bridgehead atoms. The van der Waals surface area contributed by atoms with Crippen LogP contribution in [0.3, 0.4) is 0 Å². The van der Waals surface area contributed by atoms with E-state index in [2.05, 4.69) is 9.97 Å². The molecule has 0 unspecified atom stereocenters. The van der Waals surface area contributed by atoms with Crippen LogP contribution in [0, 0.1) is 0 Å². The number of methoxy groups -OCH3 is 1. The standard InChI is InChI=1S/C21H24N4O3/c1-24-11-9-22-19(24)21(26)25-10-4-3-8-18(25)20-23-14-17(28-20)13-15-6-5-7-16(12-15)27-2/h5-7,9,11-12,14,18H,3-4,8,10,13H2,1-2H3/t18-/m0/s1. The first-order valence-corrected chi connectivity index (χ1v) is 9.51. The Labute approximate surface area is 164 Å². The van der Waals surface area contributed by atoms with E-state index in [1.807, 2.05) is 36.2 Å². The third-order valence-electron chi connectivity index (χ3n) is 5.15. The summed E-state index contributed by atoms with van der Waals surface area (Å²) < 4.78 is 13.1. The number of likely N-dealkylation sites (tertiary alicyclic amines) is 1. The molecule has 1 saturated heterocycles. The molecule has 0 saturated carbocycles. The average molecular weight is 380 g/mol. The van der Waals surface area contributed by atoms with E-state index in [4.69, 9.17) is 9.15 Å². The van der Waals surface area contributed by atoms with E-state index in [1.165, 1.54) is 0 Å². The number of imidazole rings is 1. The summed E-state index contributed by atoms with van der Waals surface area (Å²) in [6.45, 7) is 0.684. The molecule has 4 rings (SSSR count). The van der Waals surface area contributed by atoms with Crippen molar-refractivity contribution in [3.8, 4) is 5.75 Å². The zero-order chi connectivity index (χ0) is 19.5. The number of oxazole rings is 1. The van der Waals surface area contributed by atoms with Crippen molar-refractivity contribution in [2.75, 3.05) is 13.7 Å². The van der Waals surface area contributed by atoms with Gasteiger partial charge in [0, 0.05) is 32.4 Å². The number of amides is 1. The van der Waals surface area contributed by atoms with Crippen LogP contribution in [-0.4, -0.2) is 39.0 Å². The summed E-state index contributed by atoms with van der Waals surface area (Å²) in [7, 11) is 3.48. The molecule has 28 heavy (non-hydrogen) atoms. The predicted molar refractivity (Wildman–Crippen MR) is 103 cm³/mol. The Morgan fingerprint density at radius 2 is 2.21 bits per heavy atom. The van der Waals surface area contributed by atoms with Gasteiger partial charge in [0.2, 0.25) is 5.89 Å². The number of ether oxygens (including phenoxy) is 1. The highest BCUT2D eigenvalue weighted by molar-refractivity contribution is 5.91. The number of piperidine rings is 1. The van der Waals surface area contributed by atoms with Crippen molar-refractivity contribution in [3.63, 3.8) is 0 Å². The second kappa shape index (κ2) is 7.88. The van der Waals surface area contributed by atoms with Crippen molar-refractivity contribution in [1.82, 2.24) is 19.4 Å². The number of nitrogens with zero attached hydrogens (tertiary/aromatic N) is 4. The molecule has 0 aliphatic carbocycles. The molecule has 0 radical (unpaired) electrons. The molecular formula is C21H24N4O3. The van der Waals surface area contributed by atoms with Gasteiger partial charge in [-0.1, -0.05) is 12.1 Å². The van der Waals surface area contributed by atoms with Crippen LogP contribution in [0.4, 0.5) is 0 Å². The van der Waals surface area contributed by atoms with Crippen LogP contribution in [0.25, 0.3) is 0 Å². The number of rotatable bonds is 5. The van der Waals surface area contributed by atoms with Crippen molar-refractivity contribution in [3.05, 3.63) is 65.9 Å². The first kappa shape index (κ1) is 18.3. The molecule has 3 heterocycles. The summed E-state index contributed by atoms with van der Waals surface area (Å²) >= 11 is 0. The van der Waals surface area contributed by atoms with Gasteiger partial charge in [-0.2, -0.15) is 0 Å². The molecule has 3 aromatic rings. The third kappa shape index (κ3) is 3.65. The van der Waals surface area contributed by atoms with E-state index in [-0.39, 0.29) is 11.9 Å². The largest absolute Gasteiger partial charge is 0.497 e. The summed E-state index contributed by atoms with van der Waals surface area (Å²) in [6, 6.07) is 7.73. The summed E-state index contributed by atoms with van der Waals surface area (Å²) in [6.07, 6.45) is 8.67. The molecule has 1 aliphatic rings. The maximum atomic E-state index is 13.0. The molecule has 7 heteroatoms. The number of hydrogen-bond donors (Lipinski definition) is 0. The van der Waals surface area contributed by atoms with Gasteiger partial charge in [0.15, 0.2) is 5.82 Å². The van der Waals surface area contributed by atoms with E-state index in [0.29, 0.717) is 24.7 Å². The smallest absolute Gasteiger partial charge is 0.290 e. The van der Waals surface area contributed by atoms with E-state index < -0.39 is 0 Å². The molecule has 1 aliphatic heterocycles. The molecule has 1 aromatic carbocycles. The number of carbonyl (C=O) groups excluding carboxylic acids is 1. The van der Waals surface area contributed by atoms with Crippen molar-refractivity contribution in [2.45, 2.75) is 31.7 Å². The maximum absolute atomic E-state index is 13.0. The van der Waals surface area contributed by atoms with Crippen molar-refractivity contribution < 1.29 is 13.9 Å². The highest BCUT2D eigenvalue weighted by Crippen LogP contribution is 2.32. The van der Waals surface area contributed by atoms with Gasteiger partial charge in [0.1, 0.15) is 17.6 Å². The molecule has 2 aromatic heterocycles. The fourth-order valence-corrected chi connectivity index (χ4v) is 3.67. The van der Waals surface area contributed by atoms with Crippen LogP contribution in [0.2, 0.25) is 0 Å². The first-order chi connectivity index (χ1) is 13.7. The minimum atomic E-state index is -0.156. The second-order valence-corrected chi connectivity index (χ2v) is 7.06. The van der Waals surface area contributed by atoms with Crippen molar-refractivity contribution in [1.29, 1.82) is 0 Å². The van der Waals surface area contributed by atoms with Crippen LogP contribution >= 0.6 is 0 Å². The van der Waals surface area contributed by atoms with Gasteiger partial charge < -0.3 is 18.6 Å². The highest BCUT2D eigenvalue weighted by Gasteiger charge is 2.33. The zero-order valence-corrected chi connectivity index (χ0v) is 16.2. The lowest BCUT2D eigenvalue weighted by Gasteiger charge is -2.33. The number of hydrogen-bond acceptors (Lipinski definition) is 5. The third-order valence-corrected chi connectivity index (χ3v) is 5.15. The van der Waals surface area contributed by atoms with Gasteiger partial charge in [-0.3, -0.25) is 4.79 Å². The fourth-order valence-electron chi connectivity index (χ4n) is 3.67. The lowest BCUT2D eigenvalue weighted by Crippen LogP contribution is -2.39. The van der Waals surface area contributed by atoms with E-state index >= 15 is 0 Å². The van der Waals surface area contributed by atoms with Gasteiger partial charge in [-0.15, -0.1) is 0 Å². The van der Waals surface area contributed by atoms with E-state index in [9.17, 15) is 4.79 Å². The molecular weight excluding hydrogens is 356 g/mol. The topological polar surface area (TPSA) is 73.4 Å². The van der Waals surface area contributed by atoms with Crippen molar-refractivity contribution in [2.24, 2.45) is 7.05 Å². The number of carbonyl (C=O) groups is 1. The quantitative estimate of drug-likeness (QED) is 0.678. The van der Waals surface area contributed by atoms with E-state index in [1.54, 1.807) is 30.3 Å². The molecule has 1 atom stereocenters. The lowest BCUT2D eigenvalue weighted by molar-refractivity contribution is 0.0554. The van der Waals surface area contributed by atoms with Crippen LogP contribution in [0.15, 0.2) is 47.3 Å². The van der Waals surface area contributed by atoms with Gasteiger partial charge in [0.05, 0.1) is 13.3 Å². The monoisotopic (exact) mass is 380 g/mol. The Hall–Kier alpha value is -3.09. The minimum absolute atomic E-state index is 0.0789. The summed E-state index contributed by atoms with van der Waals surface area (Å²) in [5.74, 6) is 2.55. The molecule has 1 amide bonds. The highest BCUT2D eigenvalue weighted by atomic mass is 16.5. The Balaban J connectivity index is 1.54. The molecule has 1 fully saturated rings. The SMILES string of the molecule is COc1cccc(Cc2cnc([C@@H]3CCCCN3C(=O)c3nccn3C)o2)c1. The first-order valence-electron chi connectivity index (χ1n) is 9.51. The van der Waals surface area contributed by atoms with E-state index in [0.717, 1.165) is 36.3 Å². The molecule has 0 N–H and O–H groups in total. The molecule has 0 spiro atoms. The Morgan fingerprint density at radius 3 is 3.00 bits per heavy atom. The van der Waals surface area contributed by atoms with Crippen LogP contribution in [0.1, 0.15) is 53.1 Å². The van der Waals surface area contributed by atoms with Gasteiger partial charge in [-0.05, 0) is 37.0 Å². The number of aromatic nitrogens is 3. The summed E-state index contributed by atoms with van der Waals surface area (Å²) in [5.41, 5.74) is 1.09. The van der Waals surface area contributed by atoms with Crippen LogP contribution in [0.5, 0.6) is 5.75 Å². The van der Waals surface area contributed by atoms with Gasteiger partial charge in [0.25, 0.3) is 5.91 Å². The Bertz CT molecular complexity index is 962. The fraction of sp³-hybridized carbons (Fsp3) is 0.381. The summed E-state index contributed by atoms with van der Waals surface area (Å²) in [5, 5.41) is 0. The van der Waals surface area contributed by atoms with Crippen LogP contribution < -0.4 is 4.74 Å². The minimum Gasteiger partial charge on any atom is -0.497 e. The number of aryl methyl sites for hydroxylation is 1. The molecule has 146 valence electrons. The Morgan fingerprint density at radius 1 is 1.32 bits per heavy atom. The van der Waals surface area contributed by atoms with Gasteiger partial charge >= 0.3 is 0 Å². The lowest BCUT2D eigenvalue weighted by atomic mass is 10.0.